The number of anilines is 1. The Balaban J connectivity index is 2.57. The zero-order chi connectivity index (χ0) is 15.3. The average Bonchev–Trinajstić information content (AvgIpc) is 2.38. The first-order valence-electron chi connectivity index (χ1n) is 6.10. The average molecular weight is 282 g/mol. The van der Waals surface area contributed by atoms with E-state index in [-0.39, 0.29) is 12.3 Å². The van der Waals surface area contributed by atoms with E-state index in [2.05, 4.69) is 6.07 Å². The Labute approximate surface area is 116 Å². The second-order valence-corrected chi connectivity index (χ2v) is 5.09. The number of halogens is 2. The number of nitrogens with zero attached hydrogens (tertiary/aromatic N) is 1. The van der Waals surface area contributed by atoms with Gasteiger partial charge in [-0.15, -0.1) is 0 Å². The molecule has 0 amide bonds. The Morgan fingerprint density at radius 3 is 2.65 bits per heavy atom. The van der Waals surface area contributed by atoms with E-state index in [4.69, 9.17) is 15.7 Å². The molecule has 0 bridgehead atoms. The minimum Gasteiger partial charge on any atom is -0.462 e. The molecule has 0 atom stereocenters. The molecule has 0 heterocycles. The van der Waals surface area contributed by atoms with E-state index in [1.54, 1.807) is 13.8 Å². The monoisotopic (exact) mass is 282 g/mol. The number of ether oxygens (including phenoxy) is 1. The van der Waals surface area contributed by atoms with Crippen LogP contribution in [0.5, 0.6) is 0 Å². The molecule has 4 nitrogen and oxygen atoms in total. The molecule has 0 saturated carbocycles. The second kappa shape index (κ2) is 6.33. The third-order valence-corrected chi connectivity index (χ3v) is 2.79. The van der Waals surface area contributed by atoms with Crippen molar-refractivity contribution in [2.75, 3.05) is 12.3 Å². The van der Waals surface area contributed by atoms with Gasteiger partial charge in [-0.3, -0.25) is 0 Å². The van der Waals surface area contributed by atoms with Crippen molar-refractivity contribution >= 4 is 11.7 Å². The van der Waals surface area contributed by atoms with Gasteiger partial charge in [0, 0.05) is 6.07 Å². The lowest BCUT2D eigenvalue weighted by Crippen LogP contribution is -2.13. The minimum atomic E-state index is -0.948. The fourth-order valence-corrected chi connectivity index (χ4v) is 1.53. The Hall–Kier alpha value is -2.16. The summed E-state index contributed by atoms with van der Waals surface area (Å²) in [6.45, 7) is 3.57. The highest BCUT2D eigenvalue weighted by molar-refractivity contribution is 5.90. The van der Waals surface area contributed by atoms with Gasteiger partial charge >= 0.3 is 5.97 Å². The molecule has 6 heteroatoms. The van der Waals surface area contributed by atoms with Gasteiger partial charge in [0.2, 0.25) is 0 Å². The van der Waals surface area contributed by atoms with Crippen LogP contribution in [-0.4, -0.2) is 12.6 Å². The number of nitriles is 1. The number of rotatable bonds is 5. The first kappa shape index (κ1) is 15.9. The maximum atomic E-state index is 13.4. The molecular formula is C14H16F2N2O2. The SMILES string of the molecule is CC(C)(C#N)CCCOC(=O)c1cc(F)c(N)cc1F. The van der Waals surface area contributed by atoms with Crippen molar-refractivity contribution in [2.45, 2.75) is 26.7 Å². The van der Waals surface area contributed by atoms with Crippen LogP contribution in [0.2, 0.25) is 0 Å². The van der Waals surface area contributed by atoms with E-state index in [9.17, 15) is 13.6 Å². The number of carbonyl (C=O) groups excluding carboxylic acids is 1. The molecule has 0 aromatic heterocycles. The summed E-state index contributed by atoms with van der Waals surface area (Å²) >= 11 is 0. The quantitative estimate of drug-likeness (QED) is 0.511. The number of hydrogen-bond donors (Lipinski definition) is 1. The van der Waals surface area contributed by atoms with Crippen molar-refractivity contribution < 1.29 is 18.3 Å². The summed E-state index contributed by atoms with van der Waals surface area (Å²) in [6.07, 6.45) is 1.00. The highest BCUT2D eigenvalue weighted by Crippen LogP contribution is 2.21. The fraction of sp³-hybridized carbons (Fsp3) is 0.429. The van der Waals surface area contributed by atoms with Crippen LogP contribution in [0.4, 0.5) is 14.5 Å². The van der Waals surface area contributed by atoms with E-state index in [0.29, 0.717) is 18.9 Å². The lowest BCUT2D eigenvalue weighted by atomic mass is 9.90. The number of hydrogen-bond acceptors (Lipinski definition) is 4. The third kappa shape index (κ3) is 4.19. The number of nitrogen functional groups attached to an aromatic ring is 1. The first-order chi connectivity index (χ1) is 9.26. The predicted octanol–water partition coefficient (Wildman–Crippen LogP) is 3.03. The summed E-state index contributed by atoms with van der Waals surface area (Å²) in [4.78, 5) is 11.6. The van der Waals surface area contributed by atoms with Gasteiger partial charge in [0.1, 0.15) is 11.6 Å². The van der Waals surface area contributed by atoms with E-state index in [0.717, 1.165) is 6.07 Å². The third-order valence-electron chi connectivity index (χ3n) is 2.79. The van der Waals surface area contributed by atoms with Gasteiger partial charge in [-0.05, 0) is 32.8 Å². The molecule has 20 heavy (non-hydrogen) atoms. The Morgan fingerprint density at radius 2 is 2.05 bits per heavy atom. The number of benzene rings is 1. The number of esters is 1. The van der Waals surface area contributed by atoms with Crippen LogP contribution in [-0.2, 0) is 4.74 Å². The summed E-state index contributed by atoms with van der Waals surface area (Å²) in [5.74, 6) is -2.74. The van der Waals surface area contributed by atoms with Crippen molar-refractivity contribution in [3.63, 3.8) is 0 Å². The molecule has 0 aliphatic carbocycles. The van der Waals surface area contributed by atoms with Crippen LogP contribution < -0.4 is 5.73 Å². The second-order valence-electron chi connectivity index (χ2n) is 5.09. The molecule has 1 rings (SSSR count). The molecule has 0 aliphatic heterocycles. The highest BCUT2D eigenvalue weighted by Gasteiger charge is 2.18. The molecule has 0 aliphatic rings. The van der Waals surface area contributed by atoms with Gasteiger partial charge in [-0.1, -0.05) is 0 Å². The van der Waals surface area contributed by atoms with Gasteiger partial charge in [0.25, 0.3) is 0 Å². The molecule has 0 saturated heterocycles. The zero-order valence-electron chi connectivity index (χ0n) is 11.4. The molecule has 0 spiro atoms. The van der Waals surface area contributed by atoms with E-state index >= 15 is 0 Å². The Morgan fingerprint density at radius 1 is 1.40 bits per heavy atom. The standard InChI is InChI=1S/C14H16F2N2O2/c1-14(2,8-17)4-3-5-20-13(19)9-6-11(16)12(18)7-10(9)15/h6-7H,3-5,18H2,1-2H3. The van der Waals surface area contributed by atoms with Crippen LogP contribution in [0.25, 0.3) is 0 Å². The summed E-state index contributed by atoms with van der Waals surface area (Å²) in [5.41, 5.74) is 3.81. The van der Waals surface area contributed by atoms with Crippen molar-refractivity contribution in [3.05, 3.63) is 29.3 Å². The normalized spacial score (nSPS) is 10.9. The largest absolute Gasteiger partial charge is 0.462 e. The Kier molecular flexibility index (Phi) is 5.03. The molecule has 0 radical (unpaired) electrons. The Bertz CT molecular complexity index is 551. The van der Waals surface area contributed by atoms with Crippen molar-refractivity contribution in [3.8, 4) is 6.07 Å². The molecule has 1 aromatic rings. The summed E-state index contributed by atoms with van der Waals surface area (Å²) < 4.78 is 31.5. The smallest absolute Gasteiger partial charge is 0.341 e. The van der Waals surface area contributed by atoms with Crippen LogP contribution in [0.1, 0.15) is 37.0 Å². The molecule has 2 N–H and O–H groups in total. The van der Waals surface area contributed by atoms with Crippen LogP contribution in [0.15, 0.2) is 12.1 Å². The van der Waals surface area contributed by atoms with Crippen LogP contribution in [0, 0.1) is 28.4 Å². The highest BCUT2D eigenvalue weighted by atomic mass is 19.1. The van der Waals surface area contributed by atoms with Crippen molar-refractivity contribution in [2.24, 2.45) is 5.41 Å². The van der Waals surface area contributed by atoms with E-state index < -0.39 is 28.6 Å². The molecule has 108 valence electrons. The molecule has 0 fully saturated rings. The molecular weight excluding hydrogens is 266 g/mol. The lowest BCUT2D eigenvalue weighted by molar-refractivity contribution is 0.0485. The predicted molar refractivity (Wildman–Crippen MR) is 69.7 cm³/mol. The number of carbonyl (C=O) groups is 1. The summed E-state index contributed by atoms with van der Waals surface area (Å²) in [6, 6.07) is 3.58. The van der Waals surface area contributed by atoms with E-state index in [1.807, 2.05) is 0 Å². The van der Waals surface area contributed by atoms with E-state index in [1.165, 1.54) is 0 Å². The van der Waals surface area contributed by atoms with Crippen molar-refractivity contribution in [1.82, 2.24) is 0 Å². The van der Waals surface area contributed by atoms with Gasteiger partial charge in [0.15, 0.2) is 0 Å². The molecule has 0 unspecified atom stereocenters. The fourth-order valence-electron chi connectivity index (χ4n) is 1.53. The zero-order valence-corrected chi connectivity index (χ0v) is 11.4. The van der Waals surface area contributed by atoms with Crippen molar-refractivity contribution in [1.29, 1.82) is 5.26 Å². The summed E-state index contributed by atoms with van der Waals surface area (Å²) in [5, 5.41) is 8.81. The van der Waals surface area contributed by atoms with Crippen LogP contribution >= 0.6 is 0 Å². The molecule has 1 aromatic carbocycles. The minimum absolute atomic E-state index is 0.0371. The first-order valence-corrected chi connectivity index (χ1v) is 6.10. The van der Waals surface area contributed by atoms with Gasteiger partial charge < -0.3 is 10.5 Å². The maximum Gasteiger partial charge on any atom is 0.341 e. The topological polar surface area (TPSA) is 76.1 Å². The van der Waals surface area contributed by atoms with Gasteiger partial charge in [-0.25, -0.2) is 13.6 Å². The van der Waals surface area contributed by atoms with Crippen LogP contribution in [0.3, 0.4) is 0 Å². The summed E-state index contributed by atoms with van der Waals surface area (Å²) in [7, 11) is 0. The van der Waals surface area contributed by atoms with Gasteiger partial charge in [0.05, 0.1) is 29.3 Å². The van der Waals surface area contributed by atoms with Gasteiger partial charge in [-0.2, -0.15) is 5.26 Å². The number of nitrogens with two attached hydrogens (primary N) is 1. The lowest BCUT2D eigenvalue weighted by Gasteiger charge is -2.14. The maximum absolute atomic E-state index is 13.4.